The van der Waals surface area contributed by atoms with Crippen molar-refractivity contribution in [3.05, 3.63) is 47.0 Å². The highest BCUT2D eigenvalue weighted by Crippen LogP contribution is 2.27. The predicted molar refractivity (Wildman–Crippen MR) is 84.3 cm³/mol. The molecule has 0 aliphatic carbocycles. The maximum atomic E-state index is 12.2. The van der Waals surface area contributed by atoms with Gasteiger partial charge in [0, 0.05) is 10.8 Å². The van der Waals surface area contributed by atoms with E-state index < -0.39 is 0 Å². The summed E-state index contributed by atoms with van der Waals surface area (Å²) in [4.78, 5) is 16.7. The van der Waals surface area contributed by atoms with E-state index in [4.69, 9.17) is 0 Å². The van der Waals surface area contributed by atoms with Crippen molar-refractivity contribution in [1.29, 1.82) is 0 Å². The van der Waals surface area contributed by atoms with E-state index in [2.05, 4.69) is 31.1 Å². The number of amides is 1. The van der Waals surface area contributed by atoms with E-state index in [1.165, 1.54) is 11.3 Å². The number of nitrogens with one attached hydrogen (secondary N) is 1. The highest BCUT2D eigenvalue weighted by atomic mass is 32.1. The van der Waals surface area contributed by atoms with Crippen molar-refractivity contribution in [3.63, 3.8) is 0 Å². The Balaban J connectivity index is 2.07. The molecule has 3 nitrogen and oxygen atoms in total. The molecule has 0 aliphatic heterocycles. The van der Waals surface area contributed by atoms with Gasteiger partial charge in [-0.3, -0.25) is 4.79 Å². The van der Waals surface area contributed by atoms with Crippen molar-refractivity contribution >= 4 is 22.4 Å². The molecule has 0 bridgehead atoms. The molecule has 0 unspecified atom stereocenters. The number of nitrogens with zero attached hydrogens (tertiary/aromatic N) is 1. The van der Waals surface area contributed by atoms with Crippen molar-refractivity contribution in [2.24, 2.45) is 0 Å². The number of aromatic nitrogens is 1. The van der Waals surface area contributed by atoms with Crippen molar-refractivity contribution in [2.75, 3.05) is 5.32 Å². The Morgan fingerprint density at radius 2 is 1.90 bits per heavy atom. The first-order valence-electron chi connectivity index (χ1n) is 6.70. The van der Waals surface area contributed by atoms with Crippen LogP contribution in [0.3, 0.4) is 0 Å². The second-order valence-corrected chi connectivity index (χ2v) is 6.77. The van der Waals surface area contributed by atoms with Crippen molar-refractivity contribution < 1.29 is 4.79 Å². The third-order valence-electron chi connectivity index (χ3n) is 3.20. The van der Waals surface area contributed by atoms with Gasteiger partial charge in [-0.2, -0.15) is 0 Å². The number of rotatable bonds is 3. The van der Waals surface area contributed by atoms with Gasteiger partial charge >= 0.3 is 0 Å². The Hall–Kier alpha value is -1.68. The quantitative estimate of drug-likeness (QED) is 0.920. The van der Waals surface area contributed by atoms with Crippen LogP contribution in [0.5, 0.6) is 0 Å². The minimum absolute atomic E-state index is 0.00449. The fraction of sp³-hybridized carbons (Fsp3) is 0.375. The number of hydrogen-bond acceptors (Lipinski definition) is 3. The van der Waals surface area contributed by atoms with Gasteiger partial charge in [-0.05, 0) is 12.5 Å². The molecular formula is C16H20N2OS. The molecule has 1 atom stereocenters. The predicted octanol–water partition coefficient (Wildman–Crippen LogP) is 4.18. The SMILES string of the molecule is C[C@@H](C(=O)Nc1nc(C(C)(C)C)cs1)c1ccccc1. The number of anilines is 1. The molecule has 0 aliphatic rings. The van der Waals surface area contributed by atoms with Crippen LogP contribution in [0, 0.1) is 0 Å². The van der Waals surface area contributed by atoms with Crippen LogP contribution in [0.1, 0.15) is 44.9 Å². The standard InChI is InChI=1S/C16H20N2OS/c1-11(12-8-6-5-7-9-12)14(19)18-15-17-13(10-20-15)16(2,3)4/h5-11H,1-4H3,(H,17,18,19)/t11-/m1/s1. The molecule has 1 heterocycles. The van der Waals surface area contributed by atoms with Crippen molar-refractivity contribution in [1.82, 2.24) is 4.98 Å². The molecule has 0 radical (unpaired) electrons. The molecule has 106 valence electrons. The van der Waals surface area contributed by atoms with E-state index >= 15 is 0 Å². The molecule has 2 rings (SSSR count). The molecule has 1 aromatic heterocycles. The fourth-order valence-corrected chi connectivity index (χ4v) is 2.72. The highest BCUT2D eigenvalue weighted by molar-refractivity contribution is 7.13. The van der Waals surface area contributed by atoms with E-state index in [-0.39, 0.29) is 17.2 Å². The number of benzene rings is 1. The minimum Gasteiger partial charge on any atom is -0.301 e. The summed E-state index contributed by atoms with van der Waals surface area (Å²) in [7, 11) is 0. The molecule has 0 fully saturated rings. The lowest BCUT2D eigenvalue weighted by Gasteiger charge is -2.14. The van der Waals surface area contributed by atoms with E-state index in [1.54, 1.807) is 0 Å². The van der Waals surface area contributed by atoms with Crippen LogP contribution in [0.2, 0.25) is 0 Å². The Kier molecular flexibility index (Phi) is 4.23. The zero-order valence-corrected chi connectivity index (χ0v) is 13.1. The topological polar surface area (TPSA) is 42.0 Å². The summed E-state index contributed by atoms with van der Waals surface area (Å²) in [6.07, 6.45) is 0. The van der Waals surface area contributed by atoms with Gasteiger partial charge in [0.25, 0.3) is 0 Å². The molecular weight excluding hydrogens is 268 g/mol. The molecule has 0 spiro atoms. The average molecular weight is 288 g/mol. The molecule has 1 aromatic carbocycles. The lowest BCUT2D eigenvalue weighted by molar-refractivity contribution is -0.117. The van der Waals surface area contributed by atoms with Crippen LogP contribution in [-0.4, -0.2) is 10.9 Å². The van der Waals surface area contributed by atoms with Crippen LogP contribution in [0.25, 0.3) is 0 Å². The molecule has 0 saturated carbocycles. The summed E-state index contributed by atoms with van der Waals surface area (Å²) in [5.74, 6) is -0.204. The molecule has 1 amide bonds. The first kappa shape index (κ1) is 14.7. The first-order chi connectivity index (χ1) is 9.38. The van der Waals surface area contributed by atoms with Gasteiger partial charge in [0.1, 0.15) is 0 Å². The van der Waals surface area contributed by atoms with E-state index in [0.29, 0.717) is 5.13 Å². The number of hydrogen-bond donors (Lipinski definition) is 1. The van der Waals surface area contributed by atoms with Crippen molar-refractivity contribution in [2.45, 2.75) is 39.0 Å². The molecule has 1 N–H and O–H groups in total. The summed E-state index contributed by atoms with van der Waals surface area (Å²) < 4.78 is 0. The lowest BCUT2D eigenvalue weighted by Crippen LogP contribution is -2.19. The van der Waals surface area contributed by atoms with Gasteiger partial charge in [0.2, 0.25) is 5.91 Å². The minimum atomic E-state index is -0.182. The van der Waals surface area contributed by atoms with Gasteiger partial charge in [0.05, 0.1) is 11.6 Å². The summed E-state index contributed by atoms with van der Waals surface area (Å²) in [5.41, 5.74) is 2.02. The summed E-state index contributed by atoms with van der Waals surface area (Å²) in [6.45, 7) is 8.24. The maximum absolute atomic E-state index is 12.2. The van der Waals surface area contributed by atoms with Crippen LogP contribution < -0.4 is 5.32 Å². The van der Waals surface area contributed by atoms with Gasteiger partial charge in [0.15, 0.2) is 5.13 Å². The maximum Gasteiger partial charge on any atom is 0.233 e. The Bertz CT molecular complexity index is 584. The molecule has 0 saturated heterocycles. The number of thiazole rings is 1. The van der Waals surface area contributed by atoms with Crippen LogP contribution in [-0.2, 0) is 10.2 Å². The van der Waals surface area contributed by atoms with E-state index in [1.807, 2.05) is 42.6 Å². The second kappa shape index (κ2) is 5.75. The Morgan fingerprint density at radius 3 is 2.45 bits per heavy atom. The average Bonchev–Trinajstić information content (AvgIpc) is 2.87. The lowest BCUT2D eigenvalue weighted by atomic mass is 9.93. The van der Waals surface area contributed by atoms with Crippen LogP contribution >= 0.6 is 11.3 Å². The zero-order valence-electron chi connectivity index (χ0n) is 12.3. The third-order valence-corrected chi connectivity index (χ3v) is 3.95. The van der Waals surface area contributed by atoms with Gasteiger partial charge in [-0.25, -0.2) is 4.98 Å². The Morgan fingerprint density at radius 1 is 1.25 bits per heavy atom. The van der Waals surface area contributed by atoms with Crippen LogP contribution in [0.15, 0.2) is 35.7 Å². The van der Waals surface area contributed by atoms with Gasteiger partial charge < -0.3 is 5.32 Å². The fourth-order valence-electron chi connectivity index (χ4n) is 1.78. The normalized spacial score (nSPS) is 13.0. The monoisotopic (exact) mass is 288 g/mol. The first-order valence-corrected chi connectivity index (χ1v) is 7.57. The molecule has 2 aromatic rings. The third kappa shape index (κ3) is 3.45. The second-order valence-electron chi connectivity index (χ2n) is 5.91. The smallest absolute Gasteiger partial charge is 0.233 e. The Labute approximate surface area is 124 Å². The molecule has 20 heavy (non-hydrogen) atoms. The number of carbonyl (C=O) groups excluding carboxylic acids is 1. The van der Waals surface area contributed by atoms with Crippen molar-refractivity contribution in [3.8, 4) is 0 Å². The largest absolute Gasteiger partial charge is 0.301 e. The van der Waals surface area contributed by atoms with Gasteiger partial charge in [-0.1, -0.05) is 51.1 Å². The number of carbonyl (C=O) groups is 1. The van der Waals surface area contributed by atoms with Gasteiger partial charge in [-0.15, -0.1) is 11.3 Å². The van der Waals surface area contributed by atoms with E-state index in [0.717, 1.165) is 11.3 Å². The summed E-state index contributed by atoms with van der Waals surface area (Å²) >= 11 is 1.47. The summed E-state index contributed by atoms with van der Waals surface area (Å²) in [5, 5.41) is 5.57. The molecule has 4 heteroatoms. The highest BCUT2D eigenvalue weighted by Gasteiger charge is 2.20. The van der Waals surface area contributed by atoms with Crippen LogP contribution in [0.4, 0.5) is 5.13 Å². The van der Waals surface area contributed by atoms with E-state index in [9.17, 15) is 4.79 Å². The zero-order chi connectivity index (χ0) is 14.8. The summed E-state index contributed by atoms with van der Waals surface area (Å²) in [6, 6.07) is 9.77.